The molecule has 0 saturated carbocycles. The Kier molecular flexibility index (Phi) is 37.7. The molecular formula is C46H78N2O7. The first-order valence-electron chi connectivity index (χ1n) is 21.7. The largest absolute Gasteiger partial charge is 0.480 e. The number of amides is 2. The normalized spacial score (nSPS) is 13.1. The number of hydrogen-bond acceptors (Lipinski definition) is 6. The molecule has 0 heterocycles. The zero-order valence-electron chi connectivity index (χ0n) is 34.7. The highest BCUT2D eigenvalue weighted by Gasteiger charge is 2.18. The molecule has 2 atom stereocenters. The summed E-state index contributed by atoms with van der Waals surface area (Å²) in [6.45, 7) is 3.39. The average Bonchev–Trinajstić information content (AvgIpc) is 3.17. The van der Waals surface area contributed by atoms with Crippen LogP contribution in [0.2, 0.25) is 0 Å². The molecule has 0 aliphatic rings. The molecule has 0 rings (SSSR count). The van der Waals surface area contributed by atoms with Gasteiger partial charge in [-0.25, -0.2) is 4.79 Å². The fourth-order valence-corrected chi connectivity index (χ4v) is 5.85. The molecule has 9 nitrogen and oxygen atoms in total. The lowest BCUT2D eigenvalue weighted by molar-refractivity contribution is -0.147. The zero-order chi connectivity index (χ0) is 40.5. The summed E-state index contributed by atoms with van der Waals surface area (Å²) in [5, 5.41) is 22.5. The summed E-state index contributed by atoms with van der Waals surface area (Å²) >= 11 is 0. The smallest absolute Gasteiger partial charge is 0.328 e. The molecular weight excluding hydrogens is 693 g/mol. The molecule has 2 unspecified atom stereocenters. The number of carbonyl (C=O) groups excluding carboxylic acids is 3. The third-order valence-electron chi connectivity index (χ3n) is 9.22. The molecule has 2 amide bonds. The van der Waals surface area contributed by atoms with Crippen LogP contribution in [0.5, 0.6) is 0 Å². The molecule has 4 N–H and O–H groups in total. The summed E-state index contributed by atoms with van der Waals surface area (Å²) in [6.07, 6.45) is 48.3. The third-order valence-corrected chi connectivity index (χ3v) is 9.22. The van der Waals surface area contributed by atoms with Gasteiger partial charge < -0.3 is 25.6 Å². The summed E-state index contributed by atoms with van der Waals surface area (Å²) in [4.78, 5) is 47.5. The third kappa shape index (κ3) is 37.2. The molecule has 0 spiro atoms. The number of aliphatic carboxylic acids is 1. The summed E-state index contributed by atoms with van der Waals surface area (Å²) in [5.74, 6) is -2.44. The van der Waals surface area contributed by atoms with Crippen LogP contribution in [0.25, 0.3) is 0 Å². The van der Waals surface area contributed by atoms with Gasteiger partial charge in [0.1, 0.15) is 12.1 Å². The molecule has 0 aromatic rings. The van der Waals surface area contributed by atoms with E-state index >= 15 is 0 Å². The van der Waals surface area contributed by atoms with Crippen molar-refractivity contribution in [2.45, 2.75) is 193 Å². The molecule has 0 radical (unpaired) electrons. The van der Waals surface area contributed by atoms with E-state index in [2.05, 4.69) is 79.2 Å². The number of unbranched alkanes of at least 4 members (excludes halogenated alkanes) is 16. The predicted molar refractivity (Wildman–Crippen MR) is 227 cm³/mol. The first-order valence-corrected chi connectivity index (χ1v) is 21.7. The van der Waals surface area contributed by atoms with Crippen molar-refractivity contribution in [3.05, 3.63) is 60.8 Å². The van der Waals surface area contributed by atoms with E-state index in [1.54, 1.807) is 0 Å². The van der Waals surface area contributed by atoms with E-state index in [9.17, 15) is 19.2 Å². The minimum Gasteiger partial charge on any atom is -0.480 e. The second-order valence-electron chi connectivity index (χ2n) is 14.4. The molecule has 314 valence electrons. The van der Waals surface area contributed by atoms with Crippen molar-refractivity contribution >= 4 is 23.8 Å². The molecule has 9 heteroatoms. The number of carbonyl (C=O) groups is 4. The fraction of sp³-hybridized carbons (Fsp3) is 0.696. The van der Waals surface area contributed by atoms with E-state index in [4.69, 9.17) is 14.9 Å². The first kappa shape index (κ1) is 51.5. The Balaban J connectivity index is 4.33. The van der Waals surface area contributed by atoms with Gasteiger partial charge in [-0.15, -0.1) is 0 Å². The van der Waals surface area contributed by atoms with E-state index in [0.717, 1.165) is 77.0 Å². The van der Waals surface area contributed by atoms with Crippen LogP contribution < -0.4 is 10.6 Å². The van der Waals surface area contributed by atoms with Crippen molar-refractivity contribution in [2.24, 2.45) is 0 Å². The van der Waals surface area contributed by atoms with Gasteiger partial charge in [-0.1, -0.05) is 139 Å². The van der Waals surface area contributed by atoms with Gasteiger partial charge >= 0.3 is 11.9 Å². The highest BCUT2D eigenvalue weighted by Crippen LogP contribution is 2.15. The molecule has 0 aromatic heterocycles. The monoisotopic (exact) mass is 771 g/mol. The van der Waals surface area contributed by atoms with Crippen LogP contribution in [0.1, 0.15) is 181 Å². The zero-order valence-corrected chi connectivity index (χ0v) is 34.7. The number of carboxylic acid groups (broad SMARTS) is 1. The van der Waals surface area contributed by atoms with E-state index in [1.165, 1.54) is 70.6 Å². The maximum absolute atomic E-state index is 12.7. The standard InChI is InChI=1S/C46H78N2O7/c1-3-5-7-9-11-13-14-15-16-17-18-19-20-21-22-24-26-28-34-38-45(52)55-41(35-31-27-25-23-12-10-8-6-4-2)36-32-29-30-33-37-43(50)47-39-44(51)48-42(40-49)46(53)54/h11,13,15-16,18-19,23,25,31,35,41-42,49H,3-10,12,14,17,20-22,24,26-30,32-34,36-40H2,1-2H3,(H,47,50)(H,48,51)(H,53,54)/b13-11-,16-15-,19-18-,25-23-,35-31-. The predicted octanol–water partition coefficient (Wildman–Crippen LogP) is 10.5. The molecule has 0 fully saturated rings. The number of aliphatic hydroxyl groups excluding tert-OH is 1. The van der Waals surface area contributed by atoms with Gasteiger partial charge in [-0.05, 0) is 89.5 Å². The van der Waals surface area contributed by atoms with Crippen LogP contribution in [-0.2, 0) is 23.9 Å². The maximum Gasteiger partial charge on any atom is 0.328 e. The number of aliphatic hydroxyl groups is 1. The summed E-state index contributed by atoms with van der Waals surface area (Å²) in [7, 11) is 0. The second kappa shape index (κ2) is 40.2. The number of allylic oxidation sites excluding steroid dienone is 9. The summed E-state index contributed by atoms with van der Waals surface area (Å²) in [6, 6.07) is -1.40. The molecule has 0 bridgehead atoms. The van der Waals surface area contributed by atoms with E-state index in [-0.39, 0.29) is 30.9 Å². The van der Waals surface area contributed by atoms with E-state index in [1.807, 2.05) is 6.08 Å². The molecule has 55 heavy (non-hydrogen) atoms. The Hall–Kier alpha value is -3.46. The average molecular weight is 771 g/mol. The Morgan fingerprint density at radius 2 is 1.04 bits per heavy atom. The topological polar surface area (TPSA) is 142 Å². The highest BCUT2D eigenvalue weighted by atomic mass is 16.5. The molecule has 0 saturated heterocycles. The van der Waals surface area contributed by atoms with Gasteiger partial charge in [0.2, 0.25) is 11.8 Å². The van der Waals surface area contributed by atoms with Crippen molar-refractivity contribution in [1.29, 1.82) is 0 Å². The van der Waals surface area contributed by atoms with Gasteiger partial charge in [0.25, 0.3) is 0 Å². The number of hydrogen-bond donors (Lipinski definition) is 4. The van der Waals surface area contributed by atoms with Crippen molar-refractivity contribution in [1.82, 2.24) is 10.6 Å². The summed E-state index contributed by atoms with van der Waals surface area (Å²) in [5.41, 5.74) is 0. The highest BCUT2D eigenvalue weighted by molar-refractivity contribution is 5.87. The van der Waals surface area contributed by atoms with Crippen LogP contribution >= 0.6 is 0 Å². The number of rotatable bonds is 38. The van der Waals surface area contributed by atoms with Gasteiger partial charge in [-0.3, -0.25) is 14.4 Å². The van der Waals surface area contributed by atoms with Gasteiger partial charge in [0.15, 0.2) is 0 Å². The molecule has 0 aromatic carbocycles. The van der Waals surface area contributed by atoms with Crippen molar-refractivity contribution in [2.75, 3.05) is 13.2 Å². The van der Waals surface area contributed by atoms with Crippen LogP contribution in [0.15, 0.2) is 60.8 Å². The van der Waals surface area contributed by atoms with Crippen LogP contribution in [0, 0.1) is 0 Å². The van der Waals surface area contributed by atoms with Crippen LogP contribution in [0.4, 0.5) is 0 Å². The maximum atomic E-state index is 12.7. The lowest BCUT2D eigenvalue weighted by Crippen LogP contribution is -2.47. The van der Waals surface area contributed by atoms with Gasteiger partial charge in [0.05, 0.1) is 13.2 Å². The number of ether oxygens (including phenoxy) is 1. The van der Waals surface area contributed by atoms with E-state index < -0.39 is 24.5 Å². The second-order valence-corrected chi connectivity index (χ2v) is 14.4. The Bertz CT molecular complexity index is 1110. The van der Waals surface area contributed by atoms with Gasteiger partial charge in [-0.2, -0.15) is 0 Å². The quantitative estimate of drug-likeness (QED) is 0.0278. The number of carboxylic acids is 1. The lowest BCUT2D eigenvalue weighted by Gasteiger charge is -2.15. The van der Waals surface area contributed by atoms with Crippen molar-refractivity contribution < 1.29 is 34.1 Å². The Morgan fingerprint density at radius 1 is 0.564 bits per heavy atom. The lowest BCUT2D eigenvalue weighted by atomic mass is 10.1. The SMILES string of the molecule is CCCCC/C=C\C/C=C\C/C=C\CCCCCCCCC(=O)OC(/C=C\C/C=C\CCCCCC)CCCCCCC(=O)NCC(=O)NC(CO)C(=O)O. The minimum atomic E-state index is -1.40. The molecule has 0 aliphatic heterocycles. The van der Waals surface area contributed by atoms with E-state index in [0.29, 0.717) is 12.8 Å². The van der Waals surface area contributed by atoms with Crippen LogP contribution in [0.3, 0.4) is 0 Å². The van der Waals surface area contributed by atoms with Crippen molar-refractivity contribution in [3.63, 3.8) is 0 Å². The fourth-order valence-electron chi connectivity index (χ4n) is 5.85. The Labute approximate surface area is 334 Å². The van der Waals surface area contributed by atoms with Crippen LogP contribution in [-0.4, -0.2) is 59.3 Å². The number of esters is 1. The molecule has 0 aliphatic carbocycles. The van der Waals surface area contributed by atoms with Gasteiger partial charge in [0, 0.05) is 12.8 Å². The number of nitrogens with one attached hydrogen (secondary N) is 2. The Morgan fingerprint density at radius 3 is 1.62 bits per heavy atom. The summed E-state index contributed by atoms with van der Waals surface area (Å²) < 4.78 is 5.89. The minimum absolute atomic E-state index is 0.141. The first-order chi connectivity index (χ1) is 26.8. The van der Waals surface area contributed by atoms with Crippen molar-refractivity contribution in [3.8, 4) is 0 Å².